The van der Waals surface area contributed by atoms with E-state index in [1.54, 1.807) is 36.7 Å². The van der Waals surface area contributed by atoms with E-state index in [1.165, 1.54) is 0 Å². The Morgan fingerprint density at radius 2 is 1.75 bits per heavy atom. The van der Waals surface area contributed by atoms with E-state index in [1.807, 2.05) is 48.9 Å². The van der Waals surface area contributed by atoms with Crippen molar-refractivity contribution in [2.24, 2.45) is 0 Å². The summed E-state index contributed by atoms with van der Waals surface area (Å²) in [6.45, 7) is 4.51. The molecule has 1 heterocycles. The third-order valence-corrected chi connectivity index (χ3v) is 7.02. The number of ether oxygens (including phenoxy) is 1. The summed E-state index contributed by atoms with van der Waals surface area (Å²) in [6, 6.07) is 16.7. The van der Waals surface area contributed by atoms with Crippen LogP contribution in [0.3, 0.4) is 0 Å². The maximum absolute atomic E-state index is 12.7. The number of aliphatic hydroxyl groups is 2. The minimum atomic E-state index is -3.87. The molecule has 40 heavy (non-hydrogen) atoms. The van der Waals surface area contributed by atoms with Gasteiger partial charge in [-0.05, 0) is 68.1 Å². The van der Waals surface area contributed by atoms with E-state index in [0.717, 1.165) is 28.7 Å². The molecule has 9 nitrogen and oxygen atoms in total. The highest BCUT2D eigenvalue weighted by Crippen LogP contribution is 2.29. The van der Waals surface area contributed by atoms with Crippen molar-refractivity contribution in [3.8, 4) is 16.9 Å². The lowest BCUT2D eigenvalue weighted by Crippen LogP contribution is -2.33. The molecule has 12 heteroatoms. The normalized spacial score (nSPS) is 11.7. The number of sulfonamides is 1. The maximum atomic E-state index is 12.7. The van der Waals surface area contributed by atoms with Crippen LogP contribution in [0.1, 0.15) is 47.9 Å². The second-order valence-corrected chi connectivity index (χ2v) is 11.0. The summed E-state index contributed by atoms with van der Waals surface area (Å²) in [5.41, 5.74) is 3.76. The first kappa shape index (κ1) is 35.3. The number of pyridine rings is 1. The number of amides is 1. The van der Waals surface area contributed by atoms with Crippen LogP contribution in [0.2, 0.25) is 0 Å². The number of carbonyl (C=O) groups is 1. The fourth-order valence-electron chi connectivity index (χ4n) is 3.77. The molecule has 0 fully saturated rings. The molecule has 3 rings (SSSR count). The average molecular weight is 615 g/mol. The van der Waals surface area contributed by atoms with Gasteiger partial charge in [-0.25, -0.2) is 13.1 Å². The number of benzene rings is 2. The Hall–Kier alpha value is -2.73. The summed E-state index contributed by atoms with van der Waals surface area (Å²) < 4.78 is 32.1. The van der Waals surface area contributed by atoms with Gasteiger partial charge in [-0.2, -0.15) is 0 Å². The number of hydrogen-bond acceptors (Lipinski definition) is 8. The highest BCUT2D eigenvalue weighted by Gasteiger charge is 2.20. The van der Waals surface area contributed by atoms with Gasteiger partial charge in [-0.1, -0.05) is 36.4 Å². The van der Waals surface area contributed by atoms with E-state index in [0.29, 0.717) is 13.1 Å². The first-order valence-corrected chi connectivity index (χ1v) is 14.2. The first-order valence-electron chi connectivity index (χ1n) is 12.5. The maximum Gasteiger partial charge on any atom is 0.268 e. The van der Waals surface area contributed by atoms with Crippen molar-refractivity contribution in [1.82, 2.24) is 15.0 Å². The zero-order valence-corrected chi connectivity index (χ0v) is 24.9. The van der Waals surface area contributed by atoms with Crippen LogP contribution in [0.25, 0.3) is 11.1 Å². The van der Waals surface area contributed by atoms with Crippen LogP contribution < -0.4 is 14.8 Å². The molecule has 2 aromatic carbocycles. The monoisotopic (exact) mass is 613 g/mol. The van der Waals surface area contributed by atoms with Gasteiger partial charge in [0, 0.05) is 31.1 Å². The van der Waals surface area contributed by atoms with Gasteiger partial charge in [-0.15, -0.1) is 24.8 Å². The van der Waals surface area contributed by atoms with Crippen LogP contribution in [0.15, 0.2) is 67.0 Å². The van der Waals surface area contributed by atoms with Gasteiger partial charge < -0.3 is 20.3 Å². The van der Waals surface area contributed by atoms with E-state index in [9.17, 15) is 18.3 Å². The van der Waals surface area contributed by atoms with Crippen molar-refractivity contribution < 1.29 is 28.2 Å². The van der Waals surface area contributed by atoms with Crippen molar-refractivity contribution >= 4 is 40.7 Å². The Kier molecular flexibility index (Phi) is 15.1. The number of rotatable bonds is 14. The second-order valence-electron chi connectivity index (χ2n) is 9.16. The molecule has 220 valence electrons. The fourth-order valence-corrected chi connectivity index (χ4v) is 4.77. The summed E-state index contributed by atoms with van der Waals surface area (Å²) in [6.07, 6.45) is 3.31. The summed E-state index contributed by atoms with van der Waals surface area (Å²) in [4.78, 5) is 16.7. The Labute approximate surface area is 248 Å². The molecule has 3 aromatic rings. The average Bonchev–Trinajstić information content (AvgIpc) is 2.90. The molecule has 0 unspecified atom stereocenters. The predicted octanol–water partition coefficient (Wildman–Crippen LogP) is 3.69. The molecule has 4 N–H and O–H groups in total. The SMILES string of the molecule is CC(C)Oc1cc(-c2ccc(CCNC[C@H](O)c3cccnc3)cc2)ccc1C(=O)NS(=O)(=O)CCCO.Cl.Cl. The number of aliphatic hydroxyl groups excluding tert-OH is 2. The van der Waals surface area contributed by atoms with Gasteiger partial charge >= 0.3 is 0 Å². The van der Waals surface area contributed by atoms with E-state index in [4.69, 9.17) is 9.84 Å². The zero-order chi connectivity index (χ0) is 27.5. The lowest BCUT2D eigenvalue weighted by molar-refractivity contribution is 0.0975. The van der Waals surface area contributed by atoms with Gasteiger partial charge in [0.25, 0.3) is 5.91 Å². The van der Waals surface area contributed by atoms with E-state index >= 15 is 0 Å². The van der Waals surface area contributed by atoms with Gasteiger partial charge in [0.15, 0.2) is 0 Å². The Morgan fingerprint density at radius 1 is 1.05 bits per heavy atom. The van der Waals surface area contributed by atoms with Crippen LogP contribution in [0.5, 0.6) is 5.75 Å². The summed E-state index contributed by atoms with van der Waals surface area (Å²) in [7, 11) is -3.87. The molecule has 1 aromatic heterocycles. The minimum Gasteiger partial charge on any atom is -0.490 e. The lowest BCUT2D eigenvalue weighted by Gasteiger charge is -2.16. The standard InChI is InChI=1S/C28H35N3O6S.2ClH/c1-20(2)37-27-17-23(10-11-25(27)28(34)31-38(35,36)16-4-15-32)22-8-6-21(7-9-22)12-14-30-19-26(33)24-5-3-13-29-18-24;;/h3,5-11,13,17-18,20,26,30,32-33H,4,12,14-16,19H2,1-2H3,(H,31,34);2*1H/t26-;;/m0../s1. The number of aromatic nitrogens is 1. The molecule has 0 saturated heterocycles. The number of nitrogens with one attached hydrogen (secondary N) is 2. The van der Waals surface area contributed by atoms with Gasteiger partial charge in [0.2, 0.25) is 10.0 Å². The smallest absolute Gasteiger partial charge is 0.268 e. The molecule has 0 aliphatic heterocycles. The highest BCUT2D eigenvalue weighted by atomic mass is 35.5. The van der Waals surface area contributed by atoms with E-state index < -0.39 is 22.0 Å². The third-order valence-electron chi connectivity index (χ3n) is 5.69. The molecule has 0 bridgehead atoms. The predicted molar refractivity (Wildman–Crippen MR) is 161 cm³/mol. The molecule has 0 aliphatic rings. The van der Waals surface area contributed by atoms with Crippen LogP contribution >= 0.6 is 24.8 Å². The summed E-state index contributed by atoms with van der Waals surface area (Å²) in [5, 5.41) is 22.4. The molecule has 0 spiro atoms. The molecular weight excluding hydrogens is 577 g/mol. The minimum absolute atomic E-state index is 0. The number of halogens is 2. The third kappa shape index (κ3) is 11.0. The van der Waals surface area contributed by atoms with Crippen molar-refractivity contribution in [3.05, 3.63) is 83.7 Å². The van der Waals surface area contributed by atoms with Crippen LogP contribution in [-0.2, 0) is 16.4 Å². The van der Waals surface area contributed by atoms with Crippen LogP contribution in [0.4, 0.5) is 0 Å². The lowest BCUT2D eigenvalue weighted by atomic mass is 10.0. The first-order chi connectivity index (χ1) is 18.2. The van der Waals surface area contributed by atoms with Crippen molar-refractivity contribution in [2.75, 3.05) is 25.4 Å². The topological polar surface area (TPSA) is 138 Å². The van der Waals surface area contributed by atoms with Gasteiger partial charge in [-0.3, -0.25) is 9.78 Å². The Morgan fingerprint density at radius 3 is 2.38 bits per heavy atom. The molecule has 1 amide bonds. The molecular formula is C28H37Cl2N3O6S. The Bertz CT molecular complexity index is 1290. The van der Waals surface area contributed by atoms with Crippen molar-refractivity contribution in [2.45, 2.75) is 38.9 Å². The molecule has 0 aliphatic carbocycles. The van der Waals surface area contributed by atoms with Crippen LogP contribution in [-0.4, -0.2) is 61.1 Å². The molecule has 0 saturated carbocycles. The largest absolute Gasteiger partial charge is 0.490 e. The van der Waals surface area contributed by atoms with E-state index in [2.05, 4.69) is 10.3 Å². The highest BCUT2D eigenvalue weighted by molar-refractivity contribution is 7.90. The fraction of sp³-hybridized carbons (Fsp3) is 0.357. The van der Waals surface area contributed by atoms with Gasteiger partial charge in [0.1, 0.15) is 5.75 Å². The van der Waals surface area contributed by atoms with Crippen LogP contribution in [0, 0.1) is 0 Å². The molecule has 1 atom stereocenters. The molecule has 0 radical (unpaired) electrons. The number of hydrogen-bond donors (Lipinski definition) is 4. The van der Waals surface area contributed by atoms with Crippen molar-refractivity contribution in [1.29, 1.82) is 0 Å². The summed E-state index contributed by atoms with van der Waals surface area (Å²) >= 11 is 0. The van der Waals surface area contributed by atoms with E-state index in [-0.39, 0.29) is 61.0 Å². The quantitative estimate of drug-likeness (QED) is 0.202. The zero-order valence-electron chi connectivity index (χ0n) is 22.4. The Balaban J connectivity index is 0.00000400. The summed E-state index contributed by atoms with van der Waals surface area (Å²) in [5.74, 6) is -0.838. The van der Waals surface area contributed by atoms with Crippen molar-refractivity contribution in [3.63, 3.8) is 0 Å². The number of carbonyl (C=O) groups excluding carboxylic acids is 1. The second kappa shape index (κ2) is 17.2. The van der Waals surface area contributed by atoms with Gasteiger partial charge in [0.05, 0.1) is 23.5 Å². The number of nitrogens with zero attached hydrogens (tertiary/aromatic N) is 1.